The smallest absolute Gasteiger partial charge is 0.160 e. The van der Waals surface area contributed by atoms with Crippen molar-refractivity contribution in [1.29, 1.82) is 15.8 Å². The van der Waals surface area contributed by atoms with Crippen LogP contribution in [0.2, 0.25) is 0 Å². The molecule has 25 rings (SSSR count). The number of nitriles is 3. The third kappa shape index (κ3) is 13.6. The first kappa shape index (κ1) is 79.2. The summed E-state index contributed by atoms with van der Waals surface area (Å²) in [5.41, 5.74) is 33.4. The summed E-state index contributed by atoms with van der Waals surface area (Å²) in [7, 11) is 0. The van der Waals surface area contributed by atoms with E-state index in [1.807, 2.05) is 115 Å². The largest absolute Gasteiger partial charge is 0.309 e. The lowest BCUT2D eigenvalue weighted by Gasteiger charge is -2.18. The second kappa shape index (κ2) is 32.9. The zero-order valence-corrected chi connectivity index (χ0v) is 73.2. The number of hydrogen-bond acceptors (Lipinski definition) is 7. The van der Waals surface area contributed by atoms with Gasteiger partial charge in [0.2, 0.25) is 0 Å². The third-order valence-corrected chi connectivity index (χ3v) is 26.7. The fourth-order valence-corrected chi connectivity index (χ4v) is 20.4. The van der Waals surface area contributed by atoms with Crippen LogP contribution in [-0.4, -0.2) is 38.2 Å². The zero-order chi connectivity index (χ0) is 90.4. The van der Waals surface area contributed by atoms with Crippen LogP contribution in [0.15, 0.2) is 455 Å². The number of nitrogens with zero attached hydrogens (tertiary/aromatic N) is 11. The molecule has 0 saturated carbocycles. The van der Waals surface area contributed by atoms with Crippen LogP contribution < -0.4 is 0 Å². The molecule has 19 aromatic carbocycles. The van der Waals surface area contributed by atoms with Gasteiger partial charge >= 0.3 is 0 Å². The number of hydrogen-bond donors (Lipinski definition) is 0. The van der Waals surface area contributed by atoms with E-state index in [0.717, 1.165) is 211 Å². The van der Waals surface area contributed by atoms with E-state index < -0.39 is 0 Å². The minimum Gasteiger partial charge on any atom is -0.309 e. The van der Waals surface area contributed by atoms with E-state index in [1.165, 1.54) is 21.5 Å². The molecule has 0 aliphatic carbocycles. The van der Waals surface area contributed by atoms with E-state index in [1.54, 1.807) is 0 Å². The monoisotopic (exact) mass is 1730 g/mol. The topological polar surface area (TPSA) is 143 Å². The molecule has 0 amide bonds. The number of fused-ring (bicyclic) bond motifs is 12. The summed E-state index contributed by atoms with van der Waals surface area (Å²) in [5.74, 6) is 1.13. The van der Waals surface area contributed by atoms with Crippen LogP contribution in [0.4, 0.5) is 0 Å². The van der Waals surface area contributed by atoms with Crippen molar-refractivity contribution in [3.05, 3.63) is 472 Å². The maximum Gasteiger partial charge on any atom is 0.160 e. The van der Waals surface area contributed by atoms with Gasteiger partial charge in [-0.25, -0.2) is 19.9 Å². The van der Waals surface area contributed by atoms with Crippen LogP contribution in [0.5, 0.6) is 0 Å². The second-order valence-corrected chi connectivity index (χ2v) is 34.5. The molecule has 0 atom stereocenters. The van der Waals surface area contributed by atoms with Crippen molar-refractivity contribution >= 4 is 87.2 Å². The molecule has 0 aliphatic rings. The highest BCUT2D eigenvalue weighted by Crippen LogP contribution is 2.47. The van der Waals surface area contributed by atoms with Crippen LogP contribution in [0.1, 0.15) is 16.7 Å². The van der Waals surface area contributed by atoms with Crippen molar-refractivity contribution in [1.82, 2.24) is 38.2 Å². The Morgan fingerprint density at radius 2 is 0.441 bits per heavy atom. The summed E-state index contributed by atoms with van der Waals surface area (Å²) in [6.07, 6.45) is 0. The van der Waals surface area contributed by atoms with Gasteiger partial charge in [0, 0.05) is 105 Å². The van der Waals surface area contributed by atoms with Gasteiger partial charge in [-0.15, -0.1) is 0 Å². The molecule has 136 heavy (non-hydrogen) atoms. The Balaban J connectivity index is 0.641. The van der Waals surface area contributed by atoms with Crippen molar-refractivity contribution in [2.45, 2.75) is 0 Å². The molecular weight excluding hydrogens is 1660 g/mol. The van der Waals surface area contributed by atoms with E-state index >= 15 is 0 Å². The predicted octanol–water partition coefficient (Wildman–Crippen LogP) is 31.3. The fraction of sp³-hybridized carbons (Fsp3) is 0. The van der Waals surface area contributed by atoms with Crippen LogP contribution in [-0.2, 0) is 0 Å². The Labute approximate surface area is 783 Å². The number of benzene rings is 19. The summed E-state index contributed by atoms with van der Waals surface area (Å²) >= 11 is 0. The highest BCUT2D eigenvalue weighted by Gasteiger charge is 2.27. The minimum absolute atomic E-state index is 0.517. The lowest BCUT2D eigenvalue weighted by molar-refractivity contribution is 1.16. The molecule has 11 nitrogen and oxygen atoms in total. The summed E-state index contributed by atoms with van der Waals surface area (Å²) in [4.78, 5) is 22.0. The summed E-state index contributed by atoms with van der Waals surface area (Å²) in [6.45, 7) is 0. The molecule has 0 spiro atoms. The van der Waals surface area contributed by atoms with Crippen molar-refractivity contribution in [2.75, 3.05) is 0 Å². The van der Waals surface area contributed by atoms with Gasteiger partial charge in [-0.1, -0.05) is 285 Å². The van der Waals surface area contributed by atoms with Crippen LogP contribution >= 0.6 is 0 Å². The van der Waals surface area contributed by atoms with Crippen molar-refractivity contribution in [3.63, 3.8) is 0 Å². The molecule has 0 unspecified atom stereocenters. The number of aromatic nitrogens is 8. The molecule has 0 saturated heterocycles. The van der Waals surface area contributed by atoms with Gasteiger partial charge in [0.05, 0.1) is 113 Å². The Kier molecular flexibility index (Phi) is 19.2. The van der Waals surface area contributed by atoms with Gasteiger partial charge in [-0.3, -0.25) is 0 Å². The van der Waals surface area contributed by atoms with Crippen LogP contribution in [0.3, 0.4) is 0 Å². The van der Waals surface area contributed by atoms with E-state index in [4.69, 9.17) is 19.9 Å². The lowest BCUT2D eigenvalue weighted by Crippen LogP contribution is -2.01. The van der Waals surface area contributed by atoms with Crippen molar-refractivity contribution < 1.29 is 0 Å². The first-order chi connectivity index (χ1) is 67.3. The van der Waals surface area contributed by atoms with Gasteiger partial charge in [0.1, 0.15) is 0 Å². The molecular formula is C125H75N11. The maximum absolute atomic E-state index is 11.4. The lowest BCUT2D eigenvalue weighted by atomic mass is 9.93. The van der Waals surface area contributed by atoms with Crippen molar-refractivity contribution in [3.8, 4) is 176 Å². The van der Waals surface area contributed by atoms with Crippen LogP contribution in [0.25, 0.3) is 245 Å². The van der Waals surface area contributed by atoms with Gasteiger partial charge in [-0.2, -0.15) is 15.8 Å². The van der Waals surface area contributed by atoms with Crippen LogP contribution in [0, 0.1) is 34.0 Å². The first-order valence-corrected chi connectivity index (χ1v) is 45.5. The Morgan fingerprint density at radius 3 is 0.860 bits per heavy atom. The van der Waals surface area contributed by atoms with E-state index in [-0.39, 0.29) is 0 Å². The molecule has 0 bridgehead atoms. The number of para-hydroxylation sites is 5. The molecule has 6 heterocycles. The van der Waals surface area contributed by atoms with Gasteiger partial charge < -0.3 is 18.3 Å². The first-order valence-electron chi connectivity index (χ1n) is 45.5. The molecule has 6 aromatic heterocycles. The fourth-order valence-electron chi connectivity index (χ4n) is 20.4. The van der Waals surface area contributed by atoms with Gasteiger partial charge in [0.25, 0.3) is 0 Å². The minimum atomic E-state index is 0.517. The molecule has 11 heteroatoms. The molecule has 0 N–H and O–H groups in total. The quantitative estimate of drug-likeness (QED) is 0.0937. The Hall–Kier alpha value is -19.0. The normalized spacial score (nSPS) is 11.5. The molecule has 630 valence electrons. The van der Waals surface area contributed by atoms with Gasteiger partial charge in [-0.05, 0) is 220 Å². The van der Waals surface area contributed by atoms with E-state index in [9.17, 15) is 15.8 Å². The maximum atomic E-state index is 11.4. The molecule has 0 aliphatic heterocycles. The Morgan fingerprint density at radius 1 is 0.162 bits per heavy atom. The number of rotatable bonds is 16. The highest BCUT2D eigenvalue weighted by molar-refractivity contribution is 6.15. The SMILES string of the molecule is N#Cc1ccccc1-c1ccc2c(c1)c1ccccc1n2-c1ccc(-c2nc(-c3ccccc3)cc(-c3cccc(-c4ccc(C#N)c(-c5ccc6c(c5)c5cc(-c7ccccc7C#N)ccc5n6-c5ccc(-c6nc(-c7ccccc7)cc(-c7ccccc7)n6)cc5-c5cccc(-n6c7ccccc7c7ccccc76)c5)c4)c3)n2)cc1-c1cccc(-n2c3ccccc3c3ccccc32)c1. The average Bonchev–Trinajstić information content (AvgIpc) is 1.61. The zero-order valence-electron chi connectivity index (χ0n) is 73.2. The van der Waals surface area contributed by atoms with Crippen molar-refractivity contribution in [2.24, 2.45) is 0 Å². The second-order valence-electron chi connectivity index (χ2n) is 34.5. The molecule has 0 fully saturated rings. The average molecular weight is 1730 g/mol. The van der Waals surface area contributed by atoms with E-state index in [0.29, 0.717) is 28.3 Å². The highest BCUT2D eigenvalue weighted by atomic mass is 15.0. The summed E-state index contributed by atoms with van der Waals surface area (Å²) < 4.78 is 9.48. The predicted molar refractivity (Wildman–Crippen MR) is 554 cm³/mol. The standard InChI is InChI=1S/C125H75N11/c126-76-92-33-10-12-41-97(92)86-55-60-121-107(69-86)103-47-18-23-52-118(103)135(121)119-63-58-91(73-105(119)84-36-25-39-95(66-84)133-114-48-19-14-43-99(114)100-44-15-20-49-115(100)133)125-131-112(81-31-8-3-9-32-81)75-113(132-125)89-38-24-35-82(65-89)83-53-54-94(78-128)104(68-83)88-57-62-123-109(71-88)108-70-87(98-42-13-11-34-93(98)77-127)56-61-122(108)136(123)120-64-59-90(124-129-110(79-27-4-1-5-28-79)74-111(130-124)80-29-6-2-7-30-80)72-106(120)85-37-26-40-96(67-85)134-116-50-21-16-45-101(116)102-46-17-22-51-117(102)134/h1-75H. The third-order valence-electron chi connectivity index (χ3n) is 26.7. The Bertz CT molecular complexity index is 9190. The van der Waals surface area contributed by atoms with Gasteiger partial charge in [0.15, 0.2) is 11.6 Å². The summed E-state index contributed by atoms with van der Waals surface area (Å²) in [5, 5.41) is 41.2. The summed E-state index contributed by atoms with van der Waals surface area (Å²) in [6, 6.07) is 167. The molecule has 25 aromatic rings. The van der Waals surface area contributed by atoms with E-state index in [2.05, 4.69) is 376 Å². The molecule has 0 radical (unpaired) electrons.